The molecule has 3 rings (SSSR count). The van der Waals surface area contributed by atoms with Gasteiger partial charge in [0.1, 0.15) is 0 Å². The zero-order valence-corrected chi connectivity index (χ0v) is 13.0. The molecule has 0 bridgehead atoms. The number of hydrogen-bond donors (Lipinski definition) is 1. The van der Waals surface area contributed by atoms with Gasteiger partial charge in [-0.15, -0.1) is 11.8 Å². The highest BCUT2D eigenvalue weighted by Crippen LogP contribution is 2.46. The number of benzene rings is 2. The van der Waals surface area contributed by atoms with Crippen molar-refractivity contribution in [3.05, 3.63) is 64.7 Å². The molecular formula is C17H18ClNS. The van der Waals surface area contributed by atoms with Crippen LogP contribution in [0.15, 0.2) is 53.4 Å². The van der Waals surface area contributed by atoms with Gasteiger partial charge in [-0.3, -0.25) is 0 Å². The van der Waals surface area contributed by atoms with Crippen molar-refractivity contribution in [2.24, 2.45) is 0 Å². The topological polar surface area (TPSA) is 12.0 Å². The summed E-state index contributed by atoms with van der Waals surface area (Å²) in [4.78, 5) is 1.41. The summed E-state index contributed by atoms with van der Waals surface area (Å²) in [5.74, 6) is 1.60. The smallest absolute Gasteiger partial charge is 0.0454 e. The van der Waals surface area contributed by atoms with Crippen LogP contribution in [-0.2, 0) is 0 Å². The highest BCUT2D eigenvalue weighted by Gasteiger charge is 2.31. The lowest BCUT2D eigenvalue weighted by molar-refractivity contribution is 0.485. The van der Waals surface area contributed by atoms with Crippen LogP contribution in [0.1, 0.15) is 30.0 Å². The predicted molar refractivity (Wildman–Crippen MR) is 87.8 cm³/mol. The van der Waals surface area contributed by atoms with Crippen molar-refractivity contribution in [1.82, 2.24) is 5.32 Å². The third-order valence-corrected chi connectivity index (χ3v) is 5.36. The maximum Gasteiger partial charge on any atom is 0.0454 e. The number of fused-ring (bicyclic) bond motifs is 1. The lowest BCUT2D eigenvalue weighted by Gasteiger charge is -2.26. The molecule has 0 saturated heterocycles. The maximum absolute atomic E-state index is 6.41. The van der Waals surface area contributed by atoms with Crippen LogP contribution >= 0.6 is 23.4 Å². The number of thioether (sulfide) groups is 1. The second-order valence-electron chi connectivity index (χ2n) is 5.01. The first kappa shape index (κ1) is 14.0. The van der Waals surface area contributed by atoms with Crippen LogP contribution in [0.5, 0.6) is 0 Å². The van der Waals surface area contributed by atoms with Gasteiger partial charge in [0, 0.05) is 27.6 Å². The Morgan fingerprint density at radius 3 is 2.75 bits per heavy atom. The summed E-state index contributed by atoms with van der Waals surface area (Å²) in [5, 5.41) is 4.48. The van der Waals surface area contributed by atoms with Gasteiger partial charge in [-0.2, -0.15) is 0 Å². The summed E-state index contributed by atoms with van der Waals surface area (Å²) in [7, 11) is 0. The first-order valence-electron chi connectivity index (χ1n) is 7.00. The maximum atomic E-state index is 6.41. The predicted octanol–water partition coefficient (Wildman–Crippen LogP) is 4.88. The summed E-state index contributed by atoms with van der Waals surface area (Å²) in [5.41, 5.74) is 2.65. The molecule has 3 heteroatoms. The Bertz CT molecular complexity index is 599. The molecule has 0 amide bonds. The van der Waals surface area contributed by atoms with Crippen molar-refractivity contribution in [2.75, 3.05) is 12.3 Å². The Labute approximate surface area is 129 Å². The molecule has 1 aliphatic rings. The summed E-state index contributed by atoms with van der Waals surface area (Å²) < 4.78 is 0. The molecule has 0 aromatic heterocycles. The van der Waals surface area contributed by atoms with Crippen LogP contribution in [0.4, 0.5) is 0 Å². The van der Waals surface area contributed by atoms with Crippen molar-refractivity contribution in [3.63, 3.8) is 0 Å². The van der Waals surface area contributed by atoms with Gasteiger partial charge in [0.15, 0.2) is 0 Å². The molecule has 0 saturated carbocycles. The van der Waals surface area contributed by atoms with Crippen LogP contribution in [0.25, 0.3) is 0 Å². The van der Waals surface area contributed by atoms with Crippen molar-refractivity contribution in [2.45, 2.75) is 23.8 Å². The summed E-state index contributed by atoms with van der Waals surface area (Å²) in [6.45, 7) is 3.09. The lowest BCUT2D eigenvalue weighted by atomic mass is 9.88. The van der Waals surface area contributed by atoms with Crippen LogP contribution in [0.3, 0.4) is 0 Å². The van der Waals surface area contributed by atoms with Crippen molar-refractivity contribution in [1.29, 1.82) is 0 Å². The van der Waals surface area contributed by atoms with Crippen LogP contribution in [0, 0.1) is 0 Å². The summed E-state index contributed by atoms with van der Waals surface area (Å²) in [6, 6.07) is 17.2. The fourth-order valence-corrected chi connectivity index (χ4v) is 4.42. The molecular weight excluding hydrogens is 286 g/mol. The summed E-state index contributed by atoms with van der Waals surface area (Å²) in [6.07, 6.45) is 0. The highest BCUT2D eigenvalue weighted by atomic mass is 35.5. The van der Waals surface area contributed by atoms with Gasteiger partial charge in [0.05, 0.1) is 0 Å². The van der Waals surface area contributed by atoms with Crippen molar-refractivity contribution >= 4 is 23.4 Å². The second kappa shape index (κ2) is 6.21. The fourth-order valence-electron chi connectivity index (χ4n) is 2.88. The van der Waals surface area contributed by atoms with Gasteiger partial charge < -0.3 is 5.32 Å². The monoisotopic (exact) mass is 303 g/mol. The Morgan fingerprint density at radius 1 is 1.20 bits per heavy atom. The van der Waals surface area contributed by atoms with E-state index in [9.17, 15) is 0 Å². The molecule has 20 heavy (non-hydrogen) atoms. The normalized spacial score (nSPS) is 18.8. The standard InChI is InChI=1S/C17H18ClNS/c1-2-19-17(13-8-3-5-9-15(13)18)14-11-20-16-10-6-4-7-12(14)16/h3-10,14,17,19H,2,11H2,1H3. The number of likely N-dealkylation sites (N-methyl/N-ethyl adjacent to an activating group) is 1. The Kier molecular flexibility index (Phi) is 4.35. The number of rotatable bonds is 4. The van der Waals surface area contributed by atoms with Gasteiger partial charge >= 0.3 is 0 Å². The average Bonchev–Trinajstić information content (AvgIpc) is 2.90. The molecule has 0 spiro atoms. The Hall–Kier alpha value is -0.960. The molecule has 2 aromatic carbocycles. The molecule has 0 fully saturated rings. The second-order valence-corrected chi connectivity index (χ2v) is 6.48. The van der Waals surface area contributed by atoms with E-state index in [0.29, 0.717) is 5.92 Å². The van der Waals surface area contributed by atoms with Gasteiger partial charge in [0.25, 0.3) is 0 Å². The molecule has 2 unspecified atom stereocenters. The van der Waals surface area contributed by atoms with E-state index in [1.54, 1.807) is 0 Å². The molecule has 1 heterocycles. The first-order valence-corrected chi connectivity index (χ1v) is 8.37. The van der Waals surface area contributed by atoms with E-state index in [-0.39, 0.29) is 6.04 Å². The minimum atomic E-state index is 0.282. The minimum absolute atomic E-state index is 0.282. The zero-order chi connectivity index (χ0) is 13.9. The average molecular weight is 304 g/mol. The van der Waals surface area contributed by atoms with Crippen LogP contribution in [-0.4, -0.2) is 12.3 Å². The SMILES string of the molecule is CCNC(c1ccccc1Cl)C1CSc2ccccc21. The van der Waals surface area contributed by atoms with E-state index < -0.39 is 0 Å². The number of hydrogen-bond acceptors (Lipinski definition) is 2. The quantitative estimate of drug-likeness (QED) is 0.864. The first-order chi connectivity index (χ1) is 9.81. The molecule has 2 aromatic rings. The van der Waals surface area contributed by atoms with E-state index in [1.807, 2.05) is 23.9 Å². The fraction of sp³-hybridized carbons (Fsp3) is 0.294. The van der Waals surface area contributed by atoms with Crippen molar-refractivity contribution in [3.8, 4) is 0 Å². The lowest BCUT2D eigenvalue weighted by Crippen LogP contribution is -2.27. The number of halogens is 1. The van der Waals surface area contributed by atoms with Gasteiger partial charge in [-0.25, -0.2) is 0 Å². The molecule has 104 valence electrons. The van der Waals surface area contributed by atoms with E-state index in [1.165, 1.54) is 16.0 Å². The highest BCUT2D eigenvalue weighted by molar-refractivity contribution is 7.99. The van der Waals surface area contributed by atoms with Crippen LogP contribution < -0.4 is 5.32 Å². The van der Waals surface area contributed by atoms with E-state index >= 15 is 0 Å². The Morgan fingerprint density at radius 2 is 1.95 bits per heavy atom. The summed E-state index contributed by atoms with van der Waals surface area (Å²) >= 11 is 8.36. The van der Waals surface area contributed by atoms with Gasteiger partial charge in [0.2, 0.25) is 0 Å². The number of nitrogens with one attached hydrogen (secondary N) is 1. The van der Waals surface area contributed by atoms with Gasteiger partial charge in [-0.05, 0) is 29.8 Å². The third-order valence-electron chi connectivity index (χ3n) is 3.80. The largest absolute Gasteiger partial charge is 0.310 e. The molecule has 1 N–H and O–H groups in total. The molecule has 0 aliphatic carbocycles. The van der Waals surface area contributed by atoms with E-state index in [0.717, 1.165) is 17.3 Å². The third kappa shape index (κ3) is 2.60. The van der Waals surface area contributed by atoms with Crippen LogP contribution in [0.2, 0.25) is 5.02 Å². The minimum Gasteiger partial charge on any atom is -0.310 e. The molecule has 1 aliphatic heterocycles. The zero-order valence-electron chi connectivity index (χ0n) is 11.5. The van der Waals surface area contributed by atoms with Gasteiger partial charge in [-0.1, -0.05) is 54.9 Å². The van der Waals surface area contributed by atoms with E-state index in [2.05, 4.69) is 48.6 Å². The van der Waals surface area contributed by atoms with Crippen molar-refractivity contribution < 1.29 is 0 Å². The molecule has 0 radical (unpaired) electrons. The molecule has 1 nitrogen and oxygen atoms in total. The Balaban J connectivity index is 1.99. The molecule has 2 atom stereocenters. The van der Waals surface area contributed by atoms with E-state index in [4.69, 9.17) is 11.6 Å².